The quantitative estimate of drug-likeness (QED) is 0.0162. The van der Waals surface area contributed by atoms with Crippen LogP contribution in [0, 0.1) is 33.5 Å². The van der Waals surface area contributed by atoms with E-state index in [1.165, 1.54) is 110 Å². The Morgan fingerprint density at radius 2 is 0.663 bits per heavy atom. The molecule has 5 amide bonds. The third-order valence-corrected chi connectivity index (χ3v) is 16.0. The standard InChI is InChI=1S/C60H90Br6N4O22/c1-51(2,61)45(77)87-30-57(13,31-88-46(78)52(3,4)62)42(74)67-27-60(28-68-43(75)58(14,32-89-47(79)53(5,6)63)33-90-48(80)54(7,8)64,29-69-44(76)59(15,34-91-49(81)55(9,10)65)35-92-50(82)56(11,12)66)36-86-26-25-85-24-23-84-22-21-83-20-19-70-40(72)37-17-16-18-38(71)39(37)41(70)73/h16,18,37,39H,17,19-36H2,1-15H3,(H,67,74)(H,68,75)(H,69,76). The number of hydrogen-bond donors (Lipinski definition) is 3. The van der Waals surface area contributed by atoms with Crippen molar-refractivity contribution in [3.8, 4) is 0 Å². The van der Waals surface area contributed by atoms with Crippen molar-refractivity contribution in [1.82, 2.24) is 20.9 Å². The van der Waals surface area contributed by atoms with Gasteiger partial charge in [0.25, 0.3) is 0 Å². The number of ether oxygens (including phenoxy) is 10. The molecule has 26 nitrogen and oxygen atoms in total. The number of carbonyl (C=O) groups excluding carboxylic acids is 12. The highest BCUT2D eigenvalue weighted by Crippen LogP contribution is 2.34. The van der Waals surface area contributed by atoms with Gasteiger partial charge in [0.05, 0.1) is 65.3 Å². The summed E-state index contributed by atoms with van der Waals surface area (Å²) in [5.41, 5.74) is -7.15. The maximum atomic E-state index is 14.8. The van der Waals surface area contributed by atoms with Crippen LogP contribution < -0.4 is 16.0 Å². The lowest BCUT2D eigenvalue weighted by atomic mass is 9.84. The molecule has 32 heteroatoms. The number of imide groups is 1. The summed E-state index contributed by atoms with van der Waals surface area (Å²) >= 11 is 19.6. The number of amides is 5. The number of nitrogens with one attached hydrogen (secondary N) is 3. The van der Waals surface area contributed by atoms with Crippen molar-refractivity contribution in [2.75, 3.05) is 119 Å². The molecule has 1 heterocycles. The van der Waals surface area contributed by atoms with Crippen LogP contribution in [0.5, 0.6) is 0 Å². The first-order valence-electron chi connectivity index (χ1n) is 29.3. The Balaban J connectivity index is 2.65. The van der Waals surface area contributed by atoms with Gasteiger partial charge in [-0.3, -0.25) is 62.4 Å². The Morgan fingerprint density at radius 1 is 0.402 bits per heavy atom. The second kappa shape index (κ2) is 35.7. The van der Waals surface area contributed by atoms with E-state index in [-0.39, 0.29) is 58.6 Å². The number of hydrogen-bond acceptors (Lipinski definition) is 22. The van der Waals surface area contributed by atoms with E-state index in [0.717, 1.165) is 4.90 Å². The fraction of sp³-hybridized carbons (Fsp3) is 0.767. The third-order valence-electron chi connectivity index (χ3n) is 14.0. The van der Waals surface area contributed by atoms with Crippen LogP contribution in [0.15, 0.2) is 12.2 Å². The number of alkyl halides is 6. The molecule has 0 aromatic heterocycles. The number of halogens is 6. The molecule has 1 aliphatic heterocycles. The first kappa shape index (κ1) is 84.6. The highest BCUT2D eigenvalue weighted by atomic mass is 79.9. The van der Waals surface area contributed by atoms with Gasteiger partial charge >= 0.3 is 35.8 Å². The van der Waals surface area contributed by atoms with Gasteiger partial charge in [-0.2, -0.15) is 0 Å². The third kappa shape index (κ3) is 27.6. The average molecular weight is 1700 g/mol. The number of carbonyl (C=O) groups is 12. The molecule has 2 atom stereocenters. The van der Waals surface area contributed by atoms with E-state index in [9.17, 15) is 57.5 Å². The van der Waals surface area contributed by atoms with Crippen LogP contribution in [-0.2, 0) is 105 Å². The lowest BCUT2D eigenvalue weighted by Gasteiger charge is -2.38. The van der Waals surface area contributed by atoms with Crippen molar-refractivity contribution < 1.29 is 105 Å². The molecule has 1 fully saturated rings. The molecule has 2 rings (SSSR count). The number of allylic oxidation sites excluding steroid dienone is 2. The molecule has 0 radical (unpaired) electrons. The van der Waals surface area contributed by atoms with Crippen molar-refractivity contribution in [3.63, 3.8) is 0 Å². The number of fused-ring (bicyclic) bond motifs is 1. The van der Waals surface area contributed by atoms with E-state index in [1.54, 1.807) is 6.08 Å². The molecule has 92 heavy (non-hydrogen) atoms. The molecule has 3 N–H and O–H groups in total. The molecule has 2 unspecified atom stereocenters. The Labute approximate surface area is 588 Å². The highest BCUT2D eigenvalue weighted by Gasteiger charge is 2.51. The maximum absolute atomic E-state index is 14.8. The van der Waals surface area contributed by atoms with Gasteiger partial charge < -0.3 is 63.3 Å². The Hall–Kier alpha value is -3.50. The molecular formula is C60H90Br6N4O22. The molecule has 1 saturated heterocycles. The van der Waals surface area contributed by atoms with Crippen molar-refractivity contribution >= 4 is 167 Å². The number of ketones is 1. The topological polar surface area (TPSA) is 336 Å². The zero-order valence-corrected chi connectivity index (χ0v) is 64.5. The molecular weight excluding hydrogens is 1610 g/mol. The Bertz CT molecular complexity index is 2370. The summed E-state index contributed by atoms with van der Waals surface area (Å²) in [7, 11) is 0. The minimum atomic E-state index is -1.82. The number of rotatable bonds is 41. The summed E-state index contributed by atoms with van der Waals surface area (Å²) in [5.74, 6) is -10.2. The first-order valence-corrected chi connectivity index (χ1v) is 34.1. The zero-order valence-electron chi connectivity index (χ0n) is 54.9. The van der Waals surface area contributed by atoms with Gasteiger partial charge in [-0.25, -0.2) is 0 Å². The monoisotopic (exact) mass is 1690 g/mol. The molecule has 0 aromatic carbocycles. The van der Waals surface area contributed by atoms with E-state index in [1.807, 2.05) is 0 Å². The molecule has 0 aromatic rings. The minimum Gasteiger partial charge on any atom is -0.463 e. The van der Waals surface area contributed by atoms with E-state index >= 15 is 0 Å². The van der Waals surface area contributed by atoms with Gasteiger partial charge in [0.15, 0.2) is 5.78 Å². The first-order chi connectivity index (χ1) is 42.0. The SMILES string of the molecule is CC(C)(Br)C(=O)OCC(C)(COC(=O)C(C)(C)Br)C(=O)NCC(CNC(=O)C(C)(COC(=O)C(C)(C)Br)COC(=O)C(C)(C)Br)(CNC(=O)C(C)(COC(=O)C(C)(C)Br)COC(=O)C(C)(C)Br)COCCOCCOCCOCCN1C(=O)C2CC=CC(=O)C2C1=O. The smallest absolute Gasteiger partial charge is 0.322 e. The molecule has 0 bridgehead atoms. The molecule has 0 spiro atoms. The van der Waals surface area contributed by atoms with E-state index in [0.29, 0.717) is 6.42 Å². The maximum Gasteiger partial charge on any atom is 0.322 e. The van der Waals surface area contributed by atoms with Gasteiger partial charge in [-0.1, -0.05) is 102 Å². The van der Waals surface area contributed by atoms with Crippen LogP contribution in [0.1, 0.15) is 110 Å². The molecule has 1 aliphatic carbocycles. The van der Waals surface area contributed by atoms with Gasteiger partial charge in [0.2, 0.25) is 29.5 Å². The van der Waals surface area contributed by atoms with Crippen molar-refractivity contribution in [1.29, 1.82) is 0 Å². The molecule has 0 saturated carbocycles. The fourth-order valence-electron chi connectivity index (χ4n) is 7.79. The van der Waals surface area contributed by atoms with Crippen LogP contribution in [0.2, 0.25) is 0 Å². The normalized spacial score (nSPS) is 16.1. The average Bonchev–Trinajstić information content (AvgIpc) is 1.61. The number of esters is 6. The highest BCUT2D eigenvalue weighted by molar-refractivity contribution is 9.11. The summed E-state index contributed by atoms with van der Waals surface area (Å²) in [6, 6.07) is 0. The minimum absolute atomic E-state index is 0.0201. The van der Waals surface area contributed by atoms with Gasteiger partial charge in [0.1, 0.15) is 87.7 Å². The molecule has 524 valence electrons. The van der Waals surface area contributed by atoms with Crippen molar-refractivity contribution in [3.05, 3.63) is 12.2 Å². The van der Waals surface area contributed by atoms with Crippen LogP contribution in [-0.4, -0.2) is 221 Å². The summed E-state index contributed by atoms with van der Waals surface area (Å²) in [6.45, 7) is 16.8. The fourth-order valence-corrected chi connectivity index (χ4v) is 8.48. The summed E-state index contributed by atoms with van der Waals surface area (Å²) in [6.07, 6.45) is 3.23. The van der Waals surface area contributed by atoms with Gasteiger partial charge in [-0.15, -0.1) is 0 Å². The predicted molar refractivity (Wildman–Crippen MR) is 355 cm³/mol. The number of nitrogens with zero attached hydrogens (tertiary/aromatic N) is 1. The largest absolute Gasteiger partial charge is 0.463 e. The van der Waals surface area contributed by atoms with Crippen molar-refractivity contribution in [2.45, 2.75) is 136 Å². The van der Waals surface area contributed by atoms with Crippen LogP contribution in [0.4, 0.5) is 0 Å². The summed E-state index contributed by atoms with van der Waals surface area (Å²) < 4.78 is 49.6. The predicted octanol–water partition coefficient (Wildman–Crippen LogP) is 5.84. The second-order valence-electron chi connectivity index (χ2n) is 26.4. The second-order valence-corrected chi connectivity index (χ2v) is 38.3. The molecule has 2 aliphatic rings. The van der Waals surface area contributed by atoms with Crippen LogP contribution in [0.25, 0.3) is 0 Å². The van der Waals surface area contributed by atoms with E-state index in [4.69, 9.17) is 47.4 Å². The Morgan fingerprint density at radius 3 is 0.924 bits per heavy atom. The van der Waals surface area contributed by atoms with E-state index < -0.39 is 191 Å². The van der Waals surface area contributed by atoms with Crippen molar-refractivity contribution in [2.24, 2.45) is 33.5 Å². The zero-order chi connectivity index (χ0) is 70.7. The summed E-state index contributed by atoms with van der Waals surface area (Å²) in [5, 5.41) is 8.50. The lowest BCUT2D eigenvalue weighted by molar-refractivity contribution is -0.161. The van der Waals surface area contributed by atoms with E-state index in [2.05, 4.69) is 112 Å². The van der Waals surface area contributed by atoms with Crippen LogP contribution >= 0.6 is 95.6 Å². The lowest BCUT2D eigenvalue weighted by Crippen LogP contribution is -2.59. The summed E-state index contributed by atoms with van der Waals surface area (Å²) in [4.78, 5) is 162. The number of likely N-dealkylation sites (tertiary alicyclic amines) is 1. The van der Waals surface area contributed by atoms with Gasteiger partial charge in [-0.05, 0) is 116 Å². The van der Waals surface area contributed by atoms with Crippen LogP contribution in [0.3, 0.4) is 0 Å². The van der Waals surface area contributed by atoms with Gasteiger partial charge in [0, 0.05) is 25.0 Å². The Kier molecular flexibility index (Phi) is 32.8.